The third-order valence-electron chi connectivity index (χ3n) is 3.79. The van der Waals surface area contributed by atoms with Crippen molar-refractivity contribution in [3.05, 3.63) is 27.7 Å². The number of rotatable bonds is 5. The van der Waals surface area contributed by atoms with Gasteiger partial charge in [0.15, 0.2) is 10.4 Å². The van der Waals surface area contributed by atoms with E-state index < -0.39 is 5.97 Å². The predicted octanol–water partition coefficient (Wildman–Crippen LogP) is 3.67. The van der Waals surface area contributed by atoms with Crippen LogP contribution >= 0.6 is 22.6 Å². The van der Waals surface area contributed by atoms with Crippen molar-refractivity contribution in [1.82, 2.24) is 5.32 Å². The lowest BCUT2D eigenvalue weighted by Crippen LogP contribution is -2.37. The average molecular weight is 431 g/mol. The molecule has 0 bridgehead atoms. The summed E-state index contributed by atoms with van der Waals surface area (Å²) in [6, 6.07) is 3.77. The van der Waals surface area contributed by atoms with E-state index in [1.165, 1.54) is 31.4 Å². The Labute approximate surface area is 150 Å². The first-order valence-corrected chi connectivity index (χ1v) is 9.11. The van der Waals surface area contributed by atoms with Gasteiger partial charge in [0.1, 0.15) is 5.76 Å². The molecule has 0 radical (unpaired) electrons. The van der Waals surface area contributed by atoms with Crippen LogP contribution in [0.5, 0.6) is 0 Å². The fourth-order valence-electron chi connectivity index (χ4n) is 2.62. The minimum atomic E-state index is -0.552. The summed E-state index contributed by atoms with van der Waals surface area (Å²) in [6.07, 6.45) is 10.9. The molecule has 1 aliphatic carbocycles. The maximum absolute atomic E-state index is 11.9. The zero-order valence-electron chi connectivity index (χ0n) is 13.1. The summed E-state index contributed by atoms with van der Waals surface area (Å²) in [7, 11) is 0. The molecule has 0 saturated heterocycles. The van der Waals surface area contributed by atoms with Crippen molar-refractivity contribution in [1.29, 1.82) is 0 Å². The van der Waals surface area contributed by atoms with Crippen molar-refractivity contribution in [3.63, 3.8) is 0 Å². The molecule has 0 atom stereocenters. The van der Waals surface area contributed by atoms with E-state index in [1.807, 2.05) is 22.6 Å². The lowest BCUT2D eigenvalue weighted by molar-refractivity contribution is -0.144. The van der Waals surface area contributed by atoms with Gasteiger partial charge in [-0.15, -0.1) is 0 Å². The van der Waals surface area contributed by atoms with E-state index in [0.29, 0.717) is 5.76 Å². The monoisotopic (exact) mass is 431 g/mol. The van der Waals surface area contributed by atoms with Crippen molar-refractivity contribution in [2.45, 2.75) is 51.0 Å². The fourth-order valence-corrected chi connectivity index (χ4v) is 3.06. The van der Waals surface area contributed by atoms with Gasteiger partial charge in [-0.1, -0.05) is 32.1 Å². The van der Waals surface area contributed by atoms with Gasteiger partial charge in [0.25, 0.3) is 5.91 Å². The van der Waals surface area contributed by atoms with Gasteiger partial charge in [0, 0.05) is 12.1 Å². The third kappa shape index (κ3) is 7.20. The first-order chi connectivity index (χ1) is 11.1. The topological polar surface area (TPSA) is 68.5 Å². The molecule has 1 N–H and O–H groups in total. The zero-order chi connectivity index (χ0) is 16.5. The number of furan rings is 1. The second kappa shape index (κ2) is 9.75. The summed E-state index contributed by atoms with van der Waals surface area (Å²) in [5, 5.41) is 2.96. The van der Waals surface area contributed by atoms with E-state index in [-0.39, 0.29) is 18.6 Å². The highest BCUT2D eigenvalue weighted by molar-refractivity contribution is 14.1. The van der Waals surface area contributed by atoms with Crippen molar-refractivity contribution in [3.8, 4) is 0 Å². The summed E-state index contributed by atoms with van der Waals surface area (Å²) >= 11 is 2.04. The average Bonchev–Trinajstić information content (AvgIpc) is 2.91. The number of hydrogen-bond acceptors (Lipinski definition) is 4. The van der Waals surface area contributed by atoms with Gasteiger partial charge in [-0.2, -0.15) is 0 Å². The molecule has 0 aromatic carbocycles. The molecule has 0 spiro atoms. The van der Waals surface area contributed by atoms with Crippen molar-refractivity contribution in [2.75, 3.05) is 6.61 Å². The van der Waals surface area contributed by atoms with Crippen molar-refractivity contribution >= 4 is 40.5 Å². The Balaban J connectivity index is 1.68. The van der Waals surface area contributed by atoms with Crippen LogP contribution in [0.2, 0.25) is 0 Å². The molecular formula is C17H22INO4. The van der Waals surface area contributed by atoms with Crippen LogP contribution in [0, 0.1) is 3.77 Å². The highest BCUT2D eigenvalue weighted by Crippen LogP contribution is 2.17. The lowest BCUT2D eigenvalue weighted by Gasteiger charge is -2.20. The van der Waals surface area contributed by atoms with Crippen LogP contribution in [0.15, 0.2) is 22.6 Å². The van der Waals surface area contributed by atoms with E-state index in [2.05, 4.69) is 5.32 Å². The van der Waals surface area contributed by atoms with Crippen LogP contribution in [0.3, 0.4) is 0 Å². The molecule has 1 aromatic heterocycles. The number of carbonyl (C=O) groups excluding carboxylic acids is 2. The Morgan fingerprint density at radius 2 is 1.91 bits per heavy atom. The molecule has 5 nitrogen and oxygen atoms in total. The number of ether oxygens (including phenoxy) is 1. The van der Waals surface area contributed by atoms with Gasteiger partial charge in [-0.05, 0) is 53.6 Å². The summed E-state index contributed by atoms with van der Waals surface area (Å²) < 4.78 is 11.0. The van der Waals surface area contributed by atoms with E-state index >= 15 is 0 Å². The van der Waals surface area contributed by atoms with Gasteiger partial charge in [-0.25, -0.2) is 4.79 Å². The smallest absolute Gasteiger partial charge is 0.331 e. The van der Waals surface area contributed by atoms with E-state index in [0.717, 1.165) is 29.5 Å². The second-order valence-corrected chi connectivity index (χ2v) is 6.76. The first kappa shape index (κ1) is 18.0. The Kier molecular flexibility index (Phi) is 7.64. The number of carbonyl (C=O) groups is 2. The summed E-state index contributed by atoms with van der Waals surface area (Å²) in [5.41, 5.74) is 0. The Morgan fingerprint density at radius 3 is 2.57 bits per heavy atom. The van der Waals surface area contributed by atoms with Gasteiger partial charge in [0.05, 0.1) is 0 Å². The van der Waals surface area contributed by atoms with E-state index in [9.17, 15) is 9.59 Å². The standard InChI is InChI=1S/C17H22INO4/c18-15-10-8-14(23-15)9-11-17(21)22-12-16(20)19-13-6-4-2-1-3-5-7-13/h8-11,13H,1-7,12H2,(H,19,20)/b11-9+. The van der Waals surface area contributed by atoms with Gasteiger partial charge >= 0.3 is 5.97 Å². The van der Waals surface area contributed by atoms with Gasteiger partial charge in [-0.3, -0.25) is 4.79 Å². The number of hydrogen-bond donors (Lipinski definition) is 1. The fraction of sp³-hybridized carbons (Fsp3) is 0.529. The quantitative estimate of drug-likeness (QED) is 0.439. The normalized spacial score (nSPS) is 16.7. The maximum atomic E-state index is 11.9. The Morgan fingerprint density at radius 1 is 1.22 bits per heavy atom. The molecule has 1 heterocycles. The van der Waals surface area contributed by atoms with Crippen LogP contribution in [-0.4, -0.2) is 24.5 Å². The van der Waals surface area contributed by atoms with Gasteiger partial charge in [0.2, 0.25) is 0 Å². The number of amides is 1. The minimum Gasteiger partial charge on any atom is -0.452 e. The van der Waals surface area contributed by atoms with E-state index in [4.69, 9.17) is 9.15 Å². The Hall–Kier alpha value is -1.31. The van der Waals surface area contributed by atoms with Crippen LogP contribution in [0.25, 0.3) is 6.08 Å². The van der Waals surface area contributed by atoms with Gasteiger partial charge < -0.3 is 14.5 Å². The minimum absolute atomic E-state index is 0.210. The molecule has 1 fully saturated rings. The molecule has 1 aromatic rings. The van der Waals surface area contributed by atoms with Crippen LogP contribution < -0.4 is 5.32 Å². The highest BCUT2D eigenvalue weighted by Gasteiger charge is 2.14. The molecule has 1 amide bonds. The SMILES string of the molecule is O=C(COC(=O)/C=C/c1ccc(I)o1)NC1CCCCCCC1. The summed E-state index contributed by atoms with van der Waals surface area (Å²) in [5.74, 6) is -0.209. The molecule has 0 aliphatic heterocycles. The largest absolute Gasteiger partial charge is 0.452 e. The zero-order valence-corrected chi connectivity index (χ0v) is 15.2. The molecular weight excluding hydrogens is 409 g/mol. The molecule has 1 aliphatic rings. The molecule has 1 saturated carbocycles. The Bertz CT molecular complexity index is 545. The summed E-state index contributed by atoms with van der Waals surface area (Å²) in [4.78, 5) is 23.4. The second-order valence-electron chi connectivity index (χ2n) is 5.69. The van der Waals surface area contributed by atoms with Crippen LogP contribution in [0.1, 0.15) is 50.7 Å². The van der Waals surface area contributed by atoms with Crippen LogP contribution in [0.4, 0.5) is 0 Å². The van der Waals surface area contributed by atoms with Crippen LogP contribution in [-0.2, 0) is 14.3 Å². The van der Waals surface area contributed by atoms with Crippen molar-refractivity contribution < 1.29 is 18.7 Å². The molecule has 0 unspecified atom stereocenters. The molecule has 126 valence electrons. The number of esters is 1. The predicted molar refractivity (Wildman–Crippen MR) is 95.7 cm³/mol. The molecule has 2 rings (SSSR count). The molecule has 6 heteroatoms. The van der Waals surface area contributed by atoms with E-state index in [1.54, 1.807) is 12.1 Å². The lowest BCUT2D eigenvalue weighted by atomic mass is 9.97. The summed E-state index contributed by atoms with van der Waals surface area (Å²) in [6.45, 7) is -0.241. The third-order valence-corrected chi connectivity index (χ3v) is 4.37. The van der Waals surface area contributed by atoms with Crippen molar-refractivity contribution in [2.24, 2.45) is 0 Å². The number of nitrogens with one attached hydrogen (secondary N) is 1. The number of halogens is 1. The molecule has 23 heavy (non-hydrogen) atoms. The maximum Gasteiger partial charge on any atom is 0.331 e. The first-order valence-electron chi connectivity index (χ1n) is 8.03. The highest BCUT2D eigenvalue weighted by atomic mass is 127.